The maximum atomic E-state index is 13.2. The van der Waals surface area contributed by atoms with E-state index in [9.17, 15) is 4.79 Å². The molecule has 4 rings (SSSR count). The molecule has 0 atom stereocenters. The minimum absolute atomic E-state index is 0.0484. The zero-order chi connectivity index (χ0) is 19.7. The Morgan fingerprint density at radius 1 is 0.964 bits per heavy atom. The van der Waals surface area contributed by atoms with Crippen LogP contribution in [0.1, 0.15) is 5.69 Å². The highest BCUT2D eigenvalue weighted by molar-refractivity contribution is 7.09. The summed E-state index contributed by atoms with van der Waals surface area (Å²) in [4.78, 5) is 18.1. The van der Waals surface area contributed by atoms with Crippen LogP contribution < -0.4 is 10.3 Å². The molecule has 3 heterocycles. The zero-order valence-corrected chi connectivity index (χ0v) is 16.7. The van der Waals surface area contributed by atoms with E-state index in [0.29, 0.717) is 5.56 Å². The Hall–Kier alpha value is -3.25. The van der Waals surface area contributed by atoms with E-state index in [2.05, 4.69) is 9.36 Å². The number of ether oxygens (including phenoxy) is 1. The van der Waals surface area contributed by atoms with Gasteiger partial charge in [-0.1, -0.05) is 12.1 Å². The summed E-state index contributed by atoms with van der Waals surface area (Å²) in [5.74, 6) is 0.789. The fourth-order valence-electron chi connectivity index (χ4n) is 3.25. The van der Waals surface area contributed by atoms with Gasteiger partial charge in [-0.05, 0) is 60.4 Å². The SMILES string of the molecule is COc1ccc(-c2cc(-c3cc(C)ns3)c(=O)n(C)c2-c2ccncc2)cc1. The van der Waals surface area contributed by atoms with Crippen molar-refractivity contribution in [2.75, 3.05) is 7.11 Å². The largest absolute Gasteiger partial charge is 0.497 e. The molecule has 0 fully saturated rings. The molecule has 28 heavy (non-hydrogen) atoms. The minimum Gasteiger partial charge on any atom is -0.497 e. The quantitative estimate of drug-likeness (QED) is 0.514. The first kappa shape index (κ1) is 18.1. The molecule has 0 radical (unpaired) electrons. The molecule has 0 spiro atoms. The molecule has 0 aliphatic carbocycles. The van der Waals surface area contributed by atoms with E-state index >= 15 is 0 Å². The van der Waals surface area contributed by atoms with Crippen molar-refractivity contribution in [3.05, 3.63) is 77.0 Å². The molecule has 0 bridgehead atoms. The Morgan fingerprint density at radius 3 is 2.29 bits per heavy atom. The van der Waals surface area contributed by atoms with Gasteiger partial charge in [0.25, 0.3) is 5.56 Å². The van der Waals surface area contributed by atoms with Crippen LogP contribution in [-0.2, 0) is 7.05 Å². The van der Waals surface area contributed by atoms with Crippen molar-refractivity contribution in [1.82, 2.24) is 13.9 Å². The highest BCUT2D eigenvalue weighted by atomic mass is 32.1. The standard InChI is InChI=1S/C22H19N3O2S/c1-14-12-20(28-24-14)19-13-18(15-4-6-17(27-3)7-5-15)21(25(2)22(19)26)16-8-10-23-11-9-16/h4-13H,1-3H3. The first-order chi connectivity index (χ1) is 13.6. The van der Waals surface area contributed by atoms with Crippen LogP contribution in [0.5, 0.6) is 5.75 Å². The Labute approximate surface area is 167 Å². The van der Waals surface area contributed by atoms with Gasteiger partial charge in [0.1, 0.15) is 5.75 Å². The third-order valence-electron chi connectivity index (χ3n) is 4.66. The molecule has 1 aromatic carbocycles. The maximum Gasteiger partial charge on any atom is 0.259 e. The molecule has 0 unspecified atom stereocenters. The number of methoxy groups -OCH3 is 1. The number of pyridine rings is 2. The Balaban J connectivity index is 2.02. The van der Waals surface area contributed by atoms with E-state index in [4.69, 9.17) is 4.74 Å². The topological polar surface area (TPSA) is 57.0 Å². The van der Waals surface area contributed by atoms with Gasteiger partial charge >= 0.3 is 0 Å². The number of nitrogens with zero attached hydrogens (tertiary/aromatic N) is 3. The highest BCUT2D eigenvalue weighted by Gasteiger charge is 2.18. The molecule has 0 saturated carbocycles. The van der Waals surface area contributed by atoms with Gasteiger partial charge in [0, 0.05) is 30.6 Å². The predicted octanol–water partition coefficient (Wildman–Crippen LogP) is 4.55. The fraction of sp³-hybridized carbons (Fsp3) is 0.136. The van der Waals surface area contributed by atoms with E-state index in [1.165, 1.54) is 11.5 Å². The second kappa shape index (κ2) is 7.40. The molecule has 0 N–H and O–H groups in total. The fourth-order valence-corrected chi connectivity index (χ4v) is 4.02. The summed E-state index contributed by atoms with van der Waals surface area (Å²) in [6.45, 7) is 1.93. The normalized spacial score (nSPS) is 10.8. The molecular formula is C22H19N3O2S. The number of aromatic nitrogens is 3. The summed E-state index contributed by atoms with van der Waals surface area (Å²) >= 11 is 1.34. The lowest BCUT2D eigenvalue weighted by molar-refractivity contribution is 0.415. The summed E-state index contributed by atoms with van der Waals surface area (Å²) < 4.78 is 11.3. The van der Waals surface area contributed by atoms with Gasteiger partial charge in [-0.3, -0.25) is 9.78 Å². The molecule has 0 aliphatic rings. The van der Waals surface area contributed by atoms with Crippen LogP contribution in [0.2, 0.25) is 0 Å². The molecule has 0 saturated heterocycles. The van der Waals surface area contributed by atoms with Crippen molar-refractivity contribution in [1.29, 1.82) is 0 Å². The van der Waals surface area contributed by atoms with Gasteiger partial charge < -0.3 is 9.30 Å². The van der Waals surface area contributed by atoms with Crippen molar-refractivity contribution >= 4 is 11.5 Å². The molecule has 0 amide bonds. The molecule has 140 valence electrons. The van der Waals surface area contributed by atoms with Crippen LogP contribution >= 0.6 is 11.5 Å². The average Bonchev–Trinajstić information content (AvgIpc) is 3.16. The predicted molar refractivity (Wildman–Crippen MR) is 113 cm³/mol. The first-order valence-electron chi connectivity index (χ1n) is 8.81. The van der Waals surface area contributed by atoms with Gasteiger partial charge in [0.05, 0.1) is 28.9 Å². The molecule has 0 aliphatic heterocycles. The third kappa shape index (κ3) is 3.23. The van der Waals surface area contributed by atoms with Crippen LogP contribution in [0, 0.1) is 6.92 Å². The van der Waals surface area contributed by atoms with Gasteiger partial charge in [0.2, 0.25) is 0 Å². The third-order valence-corrected chi connectivity index (χ3v) is 5.58. The molecule has 5 nitrogen and oxygen atoms in total. The van der Waals surface area contributed by atoms with Crippen LogP contribution in [0.4, 0.5) is 0 Å². The van der Waals surface area contributed by atoms with E-state index in [-0.39, 0.29) is 5.56 Å². The van der Waals surface area contributed by atoms with Crippen molar-refractivity contribution in [2.45, 2.75) is 6.92 Å². The van der Waals surface area contributed by atoms with E-state index in [1.807, 2.05) is 62.5 Å². The van der Waals surface area contributed by atoms with Crippen molar-refractivity contribution in [2.24, 2.45) is 7.05 Å². The second-order valence-electron chi connectivity index (χ2n) is 6.48. The van der Waals surface area contributed by atoms with Crippen LogP contribution in [-0.4, -0.2) is 21.0 Å². The molecular weight excluding hydrogens is 370 g/mol. The van der Waals surface area contributed by atoms with Gasteiger partial charge in [-0.25, -0.2) is 0 Å². The number of hydrogen-bond acceptors (Lipinski definition) is 5. The van der Waals surface area contributed by atoms with Crippen LogP contribution in [0.25, 0.3) is 32.8 Å². The Morgan fingerprint density at radius 2 is 1.68 bits per heavy atom. The summed E-state index contributed by atoms with van der Waals surface area (Å²) in [5, 5.41) is 0. The van der Waals surface area contributed by atoms with Crippen molar-refractivity contribution in [3.8, 4) is 38.6 Å². The summed E-state index contributed by atoms with van der Waals surface area (Å²) in [5.41, 5.74) is 5.27. The van der Waals surface area contributed by atoms with Crippen molar-refractivity contribution < 1.29 is 4.74 Å². The van der Waals surface area contributed by atoms with Crippen molar-refractivity contribution in [3.63, 3.8) is 0 Å². The number of rotatable bonds is 4. The lowest BCUT2D eigenvalue weighted by atomic mass is 9.97. The van der Waals surface area contributed by atoms with Gasteiger partial charge in [-0.15, -0.1) is 0 Å². The van der Waals surface area contributed by atoms with E-state index in [0.717, 1.165) is 38.7 Å². The van der Waals surface area contributed by atoms with Crippen LogP contribution in [0.3, 0.4) is 0 Å². The Bertz CT molecular complexity index is 1180. The van der Waals surface area contributed by atoms with E-state index in [1.54, 1.807) is 24.1 Å². The lowest BCUT2D eigenvalue weighted by Gasteiger charge is -2.17. The molecule has 4 aromatic rings. The van der Waals surface area contributed by atoms with Gasteiger partial charge in [0.15, 0.2) is 0 Å². The Kier molecular flexibility index (Phi) is 4.79. The molecule has 3 aromatic heterocycles. The summed E-state index contributed by atoms with van der Waals surface area (Å²) in [6, 6.07) is 15.6. The number of hydrogen-bond donors (Lipinski definition) is 0. The average molecular weight is 389 g/mol. The summed E-state index contributed by atoms with van der Waals surface area (Å²) in [6.07, 6.45) is 3.47. The van der Waals surface area contributed by atoms with Crippen LogP contribution in [0.15, 0.2) is 65.7 Å². The maximum absolute atomic E-state index is 13.2. The number of aryl methyl sites for hydroxylation is 1. The number of benzene rings is 1. The lowest BCUT2D eigenvalue weighted by Crippen LogP contribution is -2.21. The minimum atomic E-state index is -0.0484. The highest BCUT2D eigenvalue weighted by Crippen LogP contribution is 2.35. The zero-order valence-electron chi connectivity index (χ0n) is 15.8. The van der Waals surface area contributed by atoms with Gasteiger partial charge in [-0.2, -0.15) is 4.37 Å². The van der Waals surface area contributed by atoms with E-state index < -0.39 is 0 Å². The molecule has 6 heteroatoms. The first-order valence-corrected chi connectivity index (χ1v) is 9.58. The monoisotopic (exact) mass is 389 g/mol. The smallest absolute Gasteiger partial charge is 0.259 e. The summed E-state index contributed by atoms with van der Waals surface area (Å²) in [7, 11) is 3.45. The second-order valence-corrected chi connectivity index (χ2v) is 7.29.